The van der Waals surface area contributed by atoms with Crippen molar-refractivity contribution in [2.45, 2.75) is 49.0 Å². The number of likely N-dealkylation sites (tertiary alicyclic amines) is 1. The zero-order chi connectivity index (χ0) is 18.8. The van der Waals surface area contributed by atoms with Gasteiger partial charge in [-0.1, -0.05) is 54.6 Å². The van der Waals surface area contributed by atoms with Gasteiger partial charge < -0.3 is 9.47 Å². The molecular formula is C24H25NO3. The van der Waals surface area contributed by atoms with Gasteiger partial charge >= 0.3 is 0 Å². The van der Waals surface area contributed by atoms with E-state index >= 15 is 0 Å². The number of nitrogens with zero attached hydrogens (tertiary/aromatic N) is 1. The van der Waals surface area contributed by atoms with Gasteiger partial charge in [-0.05, 0) is 29.0 Å². The van der Waals surface area contributed by atoms with E-state index in [1.54, 1.807) is 0 Å². The number of ketones is 1. The normalized spacial score (nSPS) is 33.1. The van der Waals surface area contributed by atoms with Crippen molar-refractivity contribution >= 4 is 5.78 Å². The number of ether oxygens (including phenoxy) is 2. The van der Waals surface area contributed by atoms with Gasteiger partial charge in [0.15, 0.2) is 11.6 Å². The lowest BCUT2D eigenvalue weighted by Gasteiger charge is -2.59. The van der Waals surface area contributed by atoms with E-state index in [1.165, 1.54) is 16.7 Å². The molecular weight excluding hydrogens is 350 g/mol. The van der Waals surface area contributed by atoms with E-state index < -0.39 is 11.3 Å². The zero-order valence-corrected chi connectivity index (χ0v) is 16.0. The summed E-state index contributed by atoms with van der Waals surface area (Å²) in [4.78, 5) is 16.0. The third-order valence-electron chi connectivity index (χ3n) is 7.40. The smallest absolute Gasteiger partial charge is 0.178 e. The number of benzene rings is 2. The molecule has 2 aliphatic heterocycles. The molecule has 2 aromatic carbocycles. The number of hydrogen-bond acceptors (Lipinski definition) is 4. The first-order chi connectivity index (χ1) is 13.7. The molecule has 4 heteroatoms. The molecule has 0 N–H and O–H groups in total. The van der Waals surface area contributed by atoms with Crippen LogP contribution in [0.3, 0.4) is 0 Å². The molecule has 5 aliphatic rings. The Kier molecular flexibility index (Phi) is 3.62. The molecule has 0 aromatic heterocycles. The summed E-state index contributed by atoms with van der Waals surface area (Å²) >= 11 is 0. The van der Waals surface area contributed by atoms with E-state index in [4.69, 9.17) is 9.47 Å². The maximum Gasteiger partial charge on any atom is 0.178 e. The van der Waals surface area contributed by atoms with Crippen molar-refractivity contribution in [3.8, 4) is 0 Å². The third-order valence-corrected chi connectivity index (χ3v) is 7.40. The molecule has 0 radical (unpaired) electrons. The van der Waals surface area contributed by atoms with E-state index in [-0.39, 0.29) is 5.92 Å². The summed E-state index contributed by atoms with van der Waals surface area (Å²) in [7, 11) is 0. The van der Waals surface area contributed by atoms with Crippen LogP contribution >= 0.6 is 0 Å². The van der Waals surface area contributed by atoms with Crippen molar-refractivity contribution in [1.29, 1.82) is 0 Å². The Bertz CT molecular complexity index is 920. The molecule has 2 spiro atoms. The van der Waals surface area contributed by atoms with Gasteiger partial charge in [-0.15, -0.1) is 0 Å². The third kappa shape index (κ3) is 2.14. The standard InChI is InChI=1S/C24H25NO3/c26-21-10-11-25(16-17-6-2-1-3-7-17)23(21)14-18-15-24(27-12-13-28-24)22(23)20-9-5-4-8-19(18)20/h1-9,18,22H,10-16H2/t18-,22-,23+/m1/s1. The fourth-order valence-corrected chi connectivity index (χ4v) is 6.44. The molecule has 4 nitrogen and oxygen atoms in total. The summed E-state index contributed by atoms with van der Waals surface area (Å²) < 4.78 is 12.6. The van der Waals surface area contributed by atoms with Crippen LogP contribution in [0.1, 0.15) is 47.8 Å². The molecule has 2 aromatic rings. The fraction of sp³-hybridized carbons (Fsp3) is 0.458. The van der Waals surface area contributed by atoms with Crippen LogP contribution in [-0.2, 0) is 20.8 Å². The average Bonchev–Trinajstić information content (AvgIpc) is 3.29. The highest BCUT2D eigenvalue weighted by atomic mass is 16.7. The molecule has 0 amide bonds. The molecule has 1 saturated carbocycles. The van der Waals surface area contributed by atoms with Gasteiger partial charge in [-0.2, -0.15) is 0 Å². The topological polar surface area (TPSA) is 38.8 Å². The van der Waals surface area contributed by atoms with Crippen LogP contribution in [0.15, 0.2) is 54.6 Å². The summed E-state index contributed by atoms with van der Waals surface area (Å²) in [6.07, 6.45) is 2.37. The SMILES string of the molecule is O=C1CCN(Cc2ccccc2)[C@@]12C[C@@H]1CC3(OCCO3)[C@@H]2c2ccccc21. The Morgan fingerprint density at radius 2 is 1.64 bits per heavy atom. The lowest BCUT2D eigenvalue weighted by atomic mass is 9.54. The molecule has 7 rings (SSSR count). The summed E-state index contributed by atoms with van der Waals surface area (Å²) in [5.41, 5.74) is 3.40. The minimum absolute atomic E-state index is 0.0533. The van der Waals surface area contributed by atoms with Crippen LogP contribution in [0.2, 0.25) is 0 Å². The van der Waals surface area contributed by atoms with Crippen LogP contribution in [0.4, 0.5) is 0 Å². The van der Waals surface area contributed by atoms with E-state index in [1.807, 2.05) is 6.07 Å². The molecule has 2 bridgehead atoms. The van der Waals surface area contributed by atoms with Crippen LogP contribution in [0.5, 0.6) is 0 Å². The minimum atomic E-state index is -0.647. The van der Waals surface area contributed by atoms with Gasteiger partial charge in [0.1, 0.15) is 0 Å². The molecule has 3 fully saturated rings. The zero-order valence-electron chi connectivity index (χ0n) is 16.0. The molecule has 2 saturated heterocycles. The molecule has 2 heterocycles. The van der Waals surface area contributed by atoms with E-state index in [0.717, 1.165) is 25.9 Å². The Labute approximate surface area is 165 Å². The number of hydrogen-bond donors (Lipinski definition) is 0. The molecule has 3 aliphatic carbocycles. The maximum atomic E-state index is 13.5. The second kappa shape index (κ2) is 5.99. The van der Waals surface area contributed by atoms with Crippen molar-refractivity contribution in [2.75, 3.05) is 19.8 Å². The van der Waals surface area contributed by atoms with Gasteiger partial charge in [0.2, 0.25) is 0 Å². The number of carbonyl (C=O) groups excluding carboxylic acids is 1. The minimum Gasteiger partial charge on any atom is -0.347 e. The first-order valence-corrected chi connectivity index (χ1v) is 10.4. The van der Waals surface area contributed by atoms with Crippen molar-refractivity contribution in [1.82, 2.24) is 4.90 Å². The Balaban J connectivity index is 1.50. The maximum absolute atomic E-state index is 13.5. The summed E-state index contributed by atoms with van der Waals surface area (Å²) in [5, 5.41) is 0. The van der Waals surface area contributed by atoms with E-state index in [9.17, 15) is 4.79 Å². The first kappa shape index (κ1) is 16.9. The second-order valence-corrected chi connectivity index (χ2v) is 8.68. The summed E-state index contributed by atoms with van der Waals surface area (Å²) in [6.45, 7) is 2.85. The van der Waals surface area contributed by atoms with Gasteiger partial charge in [-0.3, -0.25) is 9.69 Å². The van der Waals surface area contributed by atoms with Gasteiger partial charge in [0, 0.05) is 25.9 Å². The summed E-state index contributed by atoms with van der Waals surface area (Å²) in [6, 6.07) is 19.2. The van der Waals surface area contributed by atoms with E-state index in [2.05, 4.69) is 53.4 Å². The van der Waals surface area contributed by atoms with Crippen LogP contribution < -0.4 is 0 Å². The van der Waals surface area contributed by atoms with Gasteiger partial charge in [-0.25, -0.2) is 0 Å². The number of Topliss-reactive ketones (excluding diaryl/α,β-unsaturated/α-hetero) is 1. The van der Waals surface area contributed by atoms with Crippen LogP contribution in [-0.4, -0.2) is 41.8 Å². The fourth-order valence-electron chi connectivity index (χ4n) is 6.44. The lowest BCUT2D eigenvalue weighted by Crippen LogP contribution is -2.66. The molecule has 3 atom stereocenters. The monoisotopic (exact) mass is 375 g/mol. The van der Waals surface area contributed by atoms with Crippen molar-refractivity contribution in [2.24, 2.45) is 0 Å². The first-order valence-electron chi connectivity index (χ1n) is 10.4. The van der Waals surface area contributed by atoms with Crippen LogP contribution in [0.25, 0.3) is 0 Å². The quantitative estimate of drug-likeness (QED) is 0.804. The largest absolute Gasteiger partial charge is 0.347 e. The number of carbonyl (C=O) groups is 1. The highest BCUT2D eigenvalue weighted by molar-refractivity contribution is 5.93. The number of rotatable bonds is 2. The van der Waals surface area contributed by atoms with Crippen molar-refractivity contribution in [3.05, 3.63) is 71.3 Å². The Morgan fingerprint density at radius 1 is 0.929 bits per heavy atom. The second-order valence-electron chi connectivity index (χ2n) is 8.68. The average molecular weight is 375 g/mol. The lowest BCUT2D eigenvalue weighted by molar-refractivity contribution is -0.229. The highest BCUT2D eigenvalue weighted by Crippen LogP contribution is 2.64. The van der Waals surface area contributed by atoms with Crippen molar-refractivity contribution in [3.63, 3.8) is 0 Å². The van der Waals surface area contributed by atoms with Gasteiger partial charge in [0.05, 0.1) is 24.7 Å². The molecule has 144 valence electrons. The van der Waals surface area contributed by atoms with Crippen molar-refractivity contribution < 1.29 is 14.3 Å². The molecule has 0 unspecified atom stereocenters. The van der Waals surface area contributed by atoms with Crippen LogP contribution in [0, 0.1) is 0 Å². The van der Waals surface area contributed by atoms with E-state index in [0.29, 0.717) is 31.3 Å². The van der Waals surface area contributed by atoms with Gasteiger partial charge in [0.25, 0.3) is 0 Å². The summed E-state index contributed by atoms with van der Waals surface area (Å²) in [5.74, 6) is -0.0280. The molecule has 28 heavy (non-hydrogen) atoms. The predicted molar refractivity (Wildman–Crippen MR) is 105 cm³/mol. The Morgan fingerprint density at radius 3 is 2.43 bits per heavy atom. The Hall–Kier alpha value is -2.01. The highest BCUT2D eigenvalue weighted by Gasteiger charge is 2.69. The predicted octanol–water partition coefficient (Wildman–Crippen LogP) is 3.62.